The third-order valence-corrected chi connectivity index (χ3v) is 3.79. The summed E-state index contributed by atoms with van der Waals surface area (Å²) >= 11 is 0. The van der Waals surface area contributed by atoms with E-state index < -0.39 is 0 Å². The first-order chi connectivity index (χ1) is 9.19. The van der Waals surface area contributed by atoms with Crippen LogP contribution in [0.3, 0.4) is 0 Å². The van der Waals surface area contributed by atoms with Crippen LogP contribution in [0.25, 0.3) is 5.82 Å². The van der Waals surface area contributed by atoms with Gasteiger partial charge in [0.2, 0.25) is 0 Å². The van der Waals surface area contributed by atoms with E-state index >= 15 is 0 Å². The van der Waals surface area contributed by atoms with Crippen molar-refractivity contribution in [2.75, 3.05) is 0 Å². The number of pyridine rings is 1. The van der Waals surface area contributed by atoms with Gasteiger partial charge in [-0.1, -0.05) is 0 Å². The molecule has 19 heavy (non-hydrogen) atoms. The van der Waals surface area contributed by atoms with Crippen molar-refractivity contribution in [2.24, 2.45) is 5.73 Å². The van der Waals surface area contributed by atoms with E-state index in [0.29, 0.717) is 6.54 Å². The SMILES string of the molecule is Cc1cc(C)n(-c2nc3c(cc2CN)CCCC3)n1. The van der Waals surface area contributed by atoms with Crippen LogP contribution in [0.15, 0.2) is 12.1 Å². The maximum Gasteiger partial charge on any atom is 0.158 e. The Morgan fingerprint density at radius 1 is 1.21 bits per heavy atom. The molecule has 0 unspecified atom stereocenters. The molecular weight excluding hydrogens is 236 g/mol. The van der Waals surface area contributed by atoms with Gasteiger partial charge in [-0.25, -0.2) is 9.67 Å². The van der Waals surface area contributed by atoms with Gasteiger partial charge in [-0.15, -0.1) is 0 Å². The van der Waals surface area contributed by atoms with Crippen molar-refractivity contribution in [3.63, 3.8) is 0 Å². The quantitative estimate of drug-likeness (QED) is 0.896. The Balaban J connectivity index is 2.16. The van der Waals surface area contributed by atoms with Crippen molar-refractivity contribution >= 4 is 0 Å². The molecule has 0 aliphatic heterocycles. The Hall–Kier alpha value is -1.68. The second-order valence-corrected chi connectivity index (χ2v) is 5.33. The normalized spacial score (nSPS) is 14.5. The van der Waals surface area contributed by atoms with Crippen LogP contribution < -0.4 is 5.73 Å². The zero-order valence-corrected chi connectivity index (χ0v) is 11.6. The molecule has 2 aromatic rings. The lowest BCUT2D eigenvalue weighted by Gasteiger charge is -2.18. The van der Waals surface area contributed by atoms with Crippen LogP contribution in [0.1, 0.15) is 41.1 Å². The fraction of sp³-hybridized carbons (Fsp3) is 0.467. The summed E-state index contributed by atoms with van der Waals surface area (Å²) in [6, 6.07) is 4.30. The summed E-state index contributed by atoms with van der Waals surface area (Å²) < 4.78 is 1.92. The van der Waals surface area contributed by atoms with Crippen molar-refractivity contribution in [3.8, 4) is 5.82 Å². The molecule has 0 spiro atoms. The summed E-state index contributed by atoms with van der Waals surface area (Å²) in [7, 11) is 0. The molecule has 1 aliphatic rings. The molecule has 0 radical (unpaired) electrons. The number of nitrogens with two attached hydrogens (primary N) is 1. The van der Waals surface area contributed by atoms with E-state index in [-0.39, 0.29) is 0 Å². The predicted molar refractivity (Wildman–Crippen MR) is 75.4 cm³/mol. The van der Waals surface area contributed by atoms with E-state index in [2.05, 4.69) is 24.2 Å². The summed E-state index contributed by atoms with van der Waals surface area (Å²) in [5.74, 6) is 0.911. The molecule has 0 aromatic carbocycles. The molecule has 0 fully saturated rings. The van der Waals surface area contributed by atoms with Gasteiger partial charge in [0.05, 0.1) is 5.69 Å². The fourth-order valence-corrected chi connectivity index (χ4v) is 2.85. The topological polar surface area (TPSA) is 56.7 Å². The number of fused-ring (bicyclic) bond motifs is 1. The van der Waals surface area contributed by atoms with Gasteiger partial charge in [0.15, 0.2) is 5.82 Å². The third-order valence-electron chi connectivity index (χ3n) is 3.79. The molecule has 4 nitrogen and oxygen atoms in total. The van der Waals surface area contributed by atoms with Crippen molar-refractivity contribution < 1.29 is 0 Å². The van der Waals surface area contributed by atoms with Crippen LogP contribution in [0.5, 0.6) is 0 Å². The van der Waals surface area contributed by atoms with E-state index in [4.69, 9.17) is 10.7 Å². The van der Waals surface area contributed by atoms with Gasteiger partial charge in [0.1, 0.15) is 0 Å². The molecule has 1 aliphatic carbocycles. The lowest BCUT2D eigenvalue weighted by atomic mass is 9.95. The van der Waals surface area contributed by atoms with Gasteiger partial charge in [-0.2, -0.15) is 5.10 Å². The summed E-state index contributed by atoms with van der Waals surface area (Å²) in [4.78, 5) is 4.85. The van der Waals surface area contributed by atoms with E-state index in [0.717, 1.165) is 35.6 Å². The van der Waals surface area contributed by atoms with Gasteiger partial charge < -0.3 is 5.73 Å². The van der Waals surface area contributed by atoms with Crippen molar-refractivity contribution in [3.05, 3.63) is 40.3 Å². The predicted octanol–water partition coefficient (Wildman–Crippen LogP) is 2.22. The average molecular weight is 256 g/mol. The van der Waals surface area contributed by atoms with Crippen molar-refractivity contribution in [1.29, 1.82) is 0 Å². The maximum atomic E-state index is 5.90. The largest absolute Gasteiger partial charge is 0.326 e. The molecule has 0 amide bonds. The highest BCUT2D eigenvalue weighted by Gasteiger charge is 2.17. The van der Waals surface area contributed by atoms with Gasteiger partial charge in [0.25, 0.3) is 0 Å². The molecule has 2 N–H and O–H groups in total. The summed E-state index contributed by atoms with van der Waals surface area (Å²) in [5.41, 5.74) is 11.7. The first kappa shape index (κ1) is 12.4. The second-order valence-electron chi connectivity index (χ2n) is 5.33. The standard InChI is InChI=1S/C15H20N4/c1-10-7-11(2)19(18-10)15-13(9-16)8-12-5-3-4-6-14(12)17-15/h7-8H,3-6,9,16H2,1-2H3. The Morgan fingerprint density at radius 2 is 2.00 bits per heavy atom. The summed E-state index contributed by atoms with van der Waals surface area (Å²) in [6.07, 6.45) is 4.70. The number of nitrogens with zero attached hydrogens (tertiary/aromatic N) is 3. The number of aromatic nitrogens is 3. The van der Waals surface area contributed by atoms with Crippen molar-refractivity contribution in [1.82, 2.24) is 14.8 Å². The Morgan fingerprint density at radius 3 is 2.68 bits per heavy atom. The Kier molecular flexibility index (Phi) is 3.11. The summed E-state index contributed by atoms with van der Waals surface area (Å²) in [6.45, 7) is 4.57. The lowest BCUT2D eigenvalue weighted by Crippen LogP contribution is -2.15. The number of rotatable bonds is 2. The monoisotopic (exact) mass is 256 g/mol. The first-order valence-electron chi connectivity index (χ1n) is 6.94. The van der Waals surface area contributed by atoms with E-state index in [9.17, 15) is 0 Å². The summed E-state index contributed by atoms with van der Waals surface area (Å²) in [5, 5.41) is 4.54. The minimum Gasteiger partial charge on any atom is -0.326 e. The lowest BCUT2D eigenvalue weighted by molar-refractivity contribution is 0.656. The number of hydrogen-bond acceptors (Lipinski definition) is 3. The minimum absolute atomic E-state index is 0.508. The number of hydrogen-bond donors (Lipinski definition) is 1. The molecule has 3 rings (SSSR count). The smallest absolute Gasteiger partial charge is 0.158 e. The van der Waals surface area contributed by atoms with Crippen LogP contribution in [-0.4, -0.2) is 14.8 Å². The zero-order chi connectivity index (χ0) is 13.4. The Bertz CT molecular complexity index is 613. The highest BCUT2D eigenvalue weighted by Crippen LogP contribution is 2.24. The highest BCUT2D eigenvalue weighted by molar-refractivity contribution is 5.41. The van der Waals surface area contributed by atoms with E-state index in [1.54, 1.807) is 0 Å². The van der Waals surface area contributed by atoms with Crippen molar-refractivity contribution in [2.45, 2.75) is 46.1 Å². The zero-order valence-electron chi connectivity index (χ0n) is 11.6. The van der Waals surface area contributed by atoms with Crippen LogP contribution >= 0.6 is 0 Å². The first-order valence-corrected chi connectivity index (χ1v) is 6.94. The minimum atomic E-state index is 0.508. The van der Waals surface area contributed by atoms with Crippen LogP contribution in [0, 0.1) is 13.8 Å². The third kappa shape index (κ3) is 2.16. The molecule has 2 heterocycles. The van der Waals surface area contributed by atoms with Gasteiger partial charge >= 0.3 is 0 Å². The van der Waals surface area contributed by atoms with E-state index in [1.165, 1.54) is 24.1 Å². The van der Waals surface area contributed by atoms with Crippen LogP contribution in [-0.2, 0) is 19.4 Å². The maximum absolute atomic E-state index is 5.90. The van der Waals surface area contributed by atoms with Gasteiger partial charge in [0, 0.05) is 23.5 Å². The van der Waals surface area contributed by atoms with Gasteiger partial charge in [-0.05, 0) is 57.2 Å². The molecule has 0 saturated heterocycles. The number of aryl methyl sites for hydroxylation is 4. The molecule has 4 heteroatoms. The molecule has 2 aromatic heterocycles. The Labute approximate surface area is 113 Å². The fourth-order valence-electron chi connectivity index (χ4n) is 2.85. The molecule has 0 saturated carbocycles. The second kappa shape index (κ2) is 4.78. The molecular formula is C15H20N4. The average Bonchev–Trinajstić information content (AvgIpc) is 2.76. The van der Waals surface area contributed by atoms with E-state index in [1.807, 2.05) is 11.6 Å². The van der Waals surface area contributed by atoms with Crippen LogP contribution in [0.4, 0.5) is 0 Å². The molecule has 0 atom stereocenters. The molecule has 0 bridgehead atoms. The van der Waals surface area contributed by atoms with Crippen LogP contribution in [0.2, 0.25) is 0 Å². The van der Waals surface area contributed by atoms with Gasteiger partial charge in [-0.3, -0.25) is 0 Å². The highest BCUT2D eigenvalue weighted by atomic mass is 15.3. The molecule has 100 valence electrons.